The summed E-state index contributed by atoms with van der Waals surface area (Å²) in [7, 11) is -3.74. The molecule has 1 aliphatic heterocycles. The standard InChI is InChI=1S/C15H17ClN2O4S2/c16-10-5-7-11(8-6-10)24(21,22)17-12-3-1-2-4-13(12)18-14(19)9-23-15(18)20/h5-8,12-13,17H,1-4,9H2/t12-,13+/m0/s1. The summed E-state index contributed by atoms with van der Waals surface area (Å²) in [6, 6.07) is 5.01. The summed E-state index contributed by atoms with van der Waals surface area (Å²) in [5, 5.41) is 0.164. The molecule has 1 saturated heterocycles. The average molecular weight is 389 g/mol. The van der Waals surface area contributed by atoms with Crippen LogP contribution in [-0.4, -0.2) is 42.3 Å². The molecule has 2 atom stereocenters. The van der Waals surface area contributed by atoms with Crippen LogP contribution in [0.25, 0.3) is 0 Å². The van der Waals surface area contributed by atoms with Crippen LogP contribution < -0.4 is 4.72 Å². The van der Waals surface area contributed by atoms with E-state index in [0.29, 0.717) is 17.9 Å². The maximum atomic E-state index is 12.6. The molecule has 0 unspecified atom stereocenters. The third kappa shape index (κ3) is 3.61. The number of carbonyl (C=O) groups excluding carboxylic acids is 2. The molecule has 1 aromatic carbocycles. The SMILES string of the molecule is O=C1CSC(=O)N1[C@@H]1CCCC[C@@H]1NS(=O)(=O)c1ccc(Cl)cc1. The highest BCUT2D eigenvalue weighted by Crippen LogP contribution is 2.30. The van der Waals surface area contributed by atoms with Gasteiger partial charge < -0.3 is 0 Å². The van der Waals surface area contributed by atoms with E-state index in [9.17, 15) is 18.0 Å². The predicted octanol–water partition coefficient (Wildman–Crippen LogP) is 2.62. The lowest BCUT2D eigenvalue weighted by Gasteiger charge is -2.36. The molecule has 0 aromatic heterocycles. The van der Waals surface area contributed by atoms with Crippen LogP contribution in [0, 0.1) is 0 Å². The van der Waals surface area contributed by atoms with Gasteiger partial charge in [0.15, 0.2) is 0 Å². The van der Waals surface area contributed by atoms with Crippen molar-refractivity contribution < 1.29 is 18.0 Å². The van der Waals surface area contributed by atoms with Crippen LogP contribution in [0.1, 0.15) is 25.7 Å². The van der Waals surface area contributed by atoms with Crippen LogP contribution in [0.5, 0.6) is 0 Å². The van der Waals surface area contributed by atoms with E-state index in [1.165, 1.54) is 29.2 Å². The Hall–Kier alpha value is -1.09. The second-order valence-corrected chi connectivity index (χ2v) is 8.93. The van der Waals surface area contributed by atoms with Gasteiger partial charge >= 0.3 is 0 Å². The van der Waals surface area contributed by atoms with Crippen LogP contribution >= 0.6 is 23.4 Å². The van der Waals surface area contributed by atoms with Crippen molar-refractivity contribution in [1.82, 2.24) is 9.62 Å². The van der Waals surface area contributed by atoms with Gasteiger partial charge in [-0.15, -0.1) is 0 Å². The van der Waals surface area contributed by atoms with Crippen LogP contribution in [-0.2, 0) is 14.8 Å². The lowest BCUT2D eigenvalue weighted by atomic mass is 9.90. The zero-order valence-electron chi connectivity index (χ0n) is 12.8. The normalized spacial score (nSPS) is 25.3. The van der Waals surface area contributed by atoms with Crippen LogP contribution in [0.15, 0.2) is 29.2 Å². The summed E-state index contributed by atoms with van der Waals surface area (Å²) in [6.45, 7) is 0. The first-order valence-electron chi connectivity index (χ1n) is 7.65. The molecule has 130 valence electrons. The molecule has 1 N–H and O–H groups in total. The summed E-state index contributed by atoms with van der Waals surface area (Å²) < 4.78 is 27.8. The van der Waals surface area contributed by atoms with Gasteiger partial charge in [0.25, 0.3) is 5.24 Å². The first kappa shape index (κ1) is 17.7. The molecule has 3 rings (SSSR count). The molecule has 6 nitrogen and oxygen atoms in total. The number of nitrogens with one attached hydrogen (secondary N) is 1. The molecule has 9 heteroatoms. The summed E-state index contributed by atoms with van der Waals surface area (Å²) in [6.07, 6.45) is 2.93. The lowest BCUT2D eigenvalue weighted by molar-refractivity contribution is -0.127. The number of carbonyl (C=O) groups is 2. The van der Waals surface area contributed by atoms with Crippen molar-refractivity contribution in [1.29, 1.82) is 0 Å². The van der Waals surface area contributed by atoms with Gasteiger partial charge in [-0.2, -0.15) is 0 Å². The van der Waals surface area contributed by atoms with E-state index in [4.69, 9.17) is 11.6 Å². The van der Waals surface area contributed by atoms with Gasteiger partial charge in [-0.05, 0) is 37.1 Å². The molecule has 2 fully saturated rings. The van der Waals surface area contributed by atoms with Gasteiger partial charge in [0.1, 0.15) is 0 Å². The van der Waals surface area contributed by atoms with Crippen LogP contribution in [0.4, 0.5) is 4.79 Å². The van der Waals surface area contributed by atoms with Gasteiger partial charge in [0, 0.05) is 11.1 Å². The Morgan fingerprint density at radius 3 is 2.42 bits per heavy atom. The highest BCUT2D eigenvalue weighted by atomic mass is 35.5. The third-order valence-corrected chi connectivity index (χ3v) is 6.87. The fraction of sp³-hybridized carbons (Fsp3) is 0.467. The Bertz CT molecular complexity index is 735. The number of hydrogen-bond acceptors (Lipinski definition) is 5. The number of nitrogens with zero attached hydrogens (tertiary/aromatic N) is 1. The fourth-order valence-corrected chi connectivity index (χ4v) is 5.32. The molecule has 24 heavy (non-hydrogen) atoms. The second kappa shape index (κ2) is 7.03. The maximum absolute atomic E-state index is 12.6. The van der Waals surface area contributed by atoms with Gasteiger partial charge in [0.05, 0.1) is 16.7 Å². The fourth-order valence-electron chi connectivity index (χ4n) is 3.12. The smallest absolute Gasteiger partial charge is 0.273 e. The van der Waals surface area contributed by atoms with Gasteiger partial charge in [-0.3, -0.25) is 14.5 Å². The molecule has 1 aromatic rings. The first-order chi connectivity index (χ1) is 11.4. The minimum absolute atomic E-state index is 0.115. The third-order valence-electron chi connectivity index (χ3n) is 4.28. The topological polar surface area (TPSA) is 83.6 Å². The average Bonchev–Trinajstić information content (AvgIpc) is 2.87. The van der Waals surface area contributed by atoms with E-state index in [2.05, 4.69) is 4.72 Å². The highest BCUT2D eigenvalue weighted by Gasteiger charge is 2.41. The van der Waals surface area contributed by atoms with Crippen molar-refractivity contribution in [2.45, 2.75) is 42.7 Å². The van der Waals surface area contributed by atoms with Gasteiger partial charge in [-0.1, -0.05) is 36.2 Å². The molecule has 1 heterocycles. The number of amides is 2. The molecule has 0 radical (unpaired) electrons. The Labute approximate surface area is 150 Å². The van der Waals surface area contributed by atoms with Crippen molar-refractivity contribution >= 4 is 44.5 Å². The van der Waals surface area contributed by atoms with E-state index in [-0.39, 0.29) is 21.8 Å². The first-order valence-corrected chi connectivity index (χ1v) is 10.5. The minimum atomic E-state index is -3.74. The molecule has 2 amide bonds. The van der Waals surface area contributed by atoms with E-state index < -0.39 is 22.1 Å². The molecule has 2 aliphatic rings. The van der Waals surface area contributed by atoms with Crippen molar-refractivity contribution in [3.63, 3.8) is 0 Å². The highest BCUT2D eigenvalue weighted by molar-refractivity contribution is 8.14. The Balaban J connectivity index is 1.82. The maximum Gasteiger partial charge on any atom is 0.289 e. The molecule has 0 bridgehead atoms. The quantitative estimate of drug-likeness (QED) is 0.857. The number of benzene rings is 1. The summed E-state index contributed by atoms with van der Waals surface area (Å²) in [4.78, 5) is 25.3. The number of hydrogen-bond donors (Lipinski definition) is 1. The largest absolute Gasteiger partial charge is 0.289 e. The van der Waals surface area contributed by atoms with E-state index >= 15 is 0 Å². The zero-order chi connectivity index (χ0) is 17.3. The Morgan fingerprint density at radius 2 is 1.79 bits per heavy atom. The van der Waals surface area contributed by atoms with E-state index in [1.807, 2.05) is 0 Å². The Morgan fingerprint density at radius 1 is 1.12 bits per heavy atom. The summed E-state index contributed by atoms with van der Waals surface area (Å²) in [5.41, 5.74) is 0. The number of halogens is 1. The summed E-state index contributed by atoms with van der Waals surface area (Å²) in [5.74, 6) is -0.112. The van der Waals surface area contributed by atoms with Crippen molar-refractivity contribution in [3.05, 3.63) is 29.3 Å². The van der Waals surface area contributed by atoms with Gasteiger partial charge in [0.2, 0.25) is 15.9 Å². The molecule has 1 saturated carbocycles. The van der Waals surface area contributed by atoms with Crippen LogP contribution in [0.2, 0.25) is 5.02 Å². The Kier molecular flexibility index (Phi) is 5.19. The molecule has 0 spiro atoms. The predicted molar refractivity (Wildman–Crippen MR) is 92.5 cm³/mol. The van der Waals surface area contributed by atoms with Crippen molar-refractivity contribution in [2.24, 2.45) is 0 Å². The summed E-state index contributed by atoms with van der Waals surface area (Å²) >= 11 is 6.77. The van der Waals surface area contributed by atoms with Crippen molar-refractivity contribution in [2.75, 3.05) is 5.75 Å². The lowest BCUT2D eigenvalue weighted by Crippen LogP contribution is -2.54. The zero-order valence-corrected chi connectivity index (χ0v) is 15.2. The van der Waals surface area contributed by atoms with E-state index in [1.54, 1.807) is 0 Å². The molecular weight excluding hydrogens is 372 g/mol. The number of imide groups is 1. The van der Waals surface area contributed by atoms with Gasteiger partial charge in [-0.25, -0.2) is 13.1 Å². The number of thioether (sulfide) groups is 1. The van der Waals surface area contributed by atoms with Crippen LogP contribution in [0.3, 0.4) is 0 Å². The number of rotatable bonds is 4. The van der Waals surface area contributed by atoms with E-state index in [0.717, 1.165) is 24.6 Å². The second-order valence-electron chi connectivity index (χ2n) is 5.85. The monoisotopic (exact) mass is 388 g/mol. The number of sulfonamides is 1. The molecule has 1 aliphatic carbocycles. The van der Waals surface area contributed by atoms with Crippen molar-refractivity contribution in [3.8, 4) is 0 Å². The molecular formula is C15H17ClN2O4S2. The minimum Gasteiger partial charge on any atom is -0.273 e.